The Bertz CT molecular complexity index is 732. The third kappa shape index (κ3) is 2.37. The van der Waals surface area contributed by atoms with Crippen molar-refractivity contribution >= 4 is 10.9 Å². The second kappa shape index (κ2) is 5.01. The molecule has 1 aromatic carbocycles. The van der Waals surface area contributed by atoms with Crippen molar-refractivity contribution in [3.8, 4) is 0 Å². The number of aryl methyl sites for hydroxylation is 2. The molecule has 0 aliphatic heterocycles. The smallest absolute Gasteiger partial charge is 0.277 e. The van der Waals surface area contributed by atoms with Crippen molar-refractivity contribution in [3.63, 3.8) is 0 Å². The molecule has 0 unspecified atom stereocenters. The normalized spacial score (nSPS) is 10.9. The Morgan fingerprint density at radius 1 is 1.16 bits per heavy atom. The van der Waals surface area contributed by atoms with E-state index in [1.54, 1.807) is 24.7 Å². The first-order chi connectivity index (χ1) is 9.34. The van der Waals surface area contributed by atoms with E-state index in [1.807, 2.05) is 22.9 Å². The number of rotatable bonds is 4. The highest BCUT2D eigenvalue weighted by molar-refractivity contribution is 5.76. The van der Waals surface area contributed by atoms with E-state index < -0.39 is 0 Å². The molecule has 0 radical (unpaired) electrons. The first-order valence-corrected chi connectivity index (χ1v) is 6.13. The molecule has 0 fully saturated rings. The van der Waals surface area contributed by atoms with Crippen LogP contribution in [0.2, 0.25) is 0 Å². The molecule has 0 N–H and O–H groups in total. The summed E-state index contributed by atoms with van der Waals surface area (Å²) in [4.78, 5) is 16.1. The summed E-state index contributed by atoms with van der Waals surface area (Å²) in [6, 6.07) is 7.25. The van der Waals surface area contributed by atoms with E-state index in [2.05, 4.69) is 15.3 Å². The van der Waals surface area contributed by atoms with Crippen LogP contribution >= 0.6 is 0 Å². The van der Waals surface area contributed by atoms with Crippen LogP contribution in [0.5, 0.6) is 0 Å². The van der Waals surface area contributed by atoms with Crippen molar-refractivity contribution in [3.05, 3.63) is 53.3 Å². The first kappa shape index (κ1) is 11.6. The molecule has 3 rings (SSSR count). The number of aromatic nitrogens is 5. The molecular formula is C13H13N5O. The quantitative estimate of drug-likeness (QED) is 0.699. The van der Waals surface area contributed by atoms with Crippen LogP contribution in [0.3, 0.4) is 0 Å². The van der Waals surface area contributed by atoms with Gasteiger partial charge >= 0.3 is 0 Å². The lowest BCUT2D eigenvalue weighted by atomic mass is 10.2. The Hall–Kier alpha value is -2.50. The summed E-state index contributed by atoms with van der Waals surface area (Å²) >= 11 is 0. The second-order valence-electron chi connectivity index (χ2n) is 4.29. The number of nitrogens with zero attached hydrogens (tertiary/aromatic N) is 5. The van der Waals surface area contributed by atoms with Gasteiger partial charge in [0, 0.05) is 25.5 Å². The molecule has 0 bridgehead atoms. The van der Waals surface area contributed by atoms with Gasteiger partial charge in [-0.05, 0) is 18.6 Å². The molecule has 3 aromatic rings. The minimum absolute atomic E-state index is 0.0868. The predicted molar refractivity (Wildman–Crippen MR) is 70.6 cm³/mol. The van der Waals surface area contributed by atoms with E-state index in [0.717, 1.165) is 13.0 Å². The van der Waals surface area contributed by atoms with Crippen LogP contribution in [-0.4, -0.2) is 24.5 Å². The summed E-state index contributed by atoms with van der Waals surface area (Å²) < 4.78 is 3.39. The highest BCUT2D eigenvalue weighted by Crippen LogP contribution is 2.03. The molecule has 0 saturated carbocycles. The molecule has 0 amide bonds. The number of benzene rings is 1. The van der Waals surface area contributed by atoms with Crippen LogP contribution in [0.4, 0.5) is 0 Å². The van der Waals surface area contributed by atoms with Gasteiger partial charge in [-0.3, -0.25) is 4.79 Å². The summed E-state index contributed by atoms with van der Waals surface area (Å²) in [7, 11) is 0. The molecule has 6 nitrogen and oxygen atoms in total. The zero-order valence-corrected chi connectivity index (χ0v) is 10.3. The van der Waals surface area contributed by atoms with Crippen molar-refractivity contribution < 1.29 is 0 Å². The van der Waals surface area contributed by atoms with E-state index in [-0.39, 0.29) is 5.56 Å². The van der Waals surface area contributed by atoms with Crippen LogP contribution < -0.4 is 5.56 Å². The number of fused-ring (bicyclic) bond motifs is 1. The summed E-state index contributed by atoms with van der Waals surface area (Å²) in [5, 5.41) is 8.62. The SMILES string of the molecule is O=c1c2ccccc2nnn1CCCn1ccnc1. The third-order valence-corrected chi connectivity index (χ3v) is 2.97. The lowest BCUT2D eigenvalue weighted by molar-refractivity contribution is 0.491. The van der Waals surface area contributed by atoms with Gasteiger partial charge in [0.2, 0.25) is 0 Å². The molecule has 2 aromatic heterocycles. The van der Waals surface area contributed by atoms with Gasteiger partial charge in [-0.15, -0.1) is 5.10 Å². The Kier molecular flexibility index (Phi) is 3.06. The molecule has 19 heavy (non-hydrogen) atoms. The van der Waals surface area contributed by atoms with Crippen molar-refractivity contribution in [2.45, 2.75) is 19.5 Å². The lowest BCUT2D eigenvalue weighted by Crippen LogP contribution is -2.24. The van der Waals surface area contributed by atoms with Crippen LogP contribution in [0.25, 0.3) is 10.9 Å². The Morgan fingerprint density at radius 2 is 2.05 bits per heavy atom. The van der Waals surface area contributed by atoms with Gasteiger partial charge < -0.3 is 4.57 Å². The number of hydrogen-bond donors (Lipinski definition) is 0. The minimum atomic E-state index is -0.0868. The maximum atomic E-state index is 12.2. The van der Waals surface area contributed by atoms with Crippen LogP contribution in [0, 0.1) is 0 Å². The fraction of sp³-hybridized carbons (Fsp3) is 0.231. The van der Waals surface area contributed by atoms with Gasteiger partial charge in [0.15, 0.2) is 0 Å². The molecule has 0 spiro atoms. The maximum absolute atomic E-state index is 12.2. The minimum Gasteiger partial charge on any atom is -0.337 e. The molecule has 2 heterocycles. The van der Waals surface area contributed by atoms with Gasteiger partial charge in [0.25, 0.3) is 5.56 Å². The monoisotopic (exact) mass is 255 g/mol. The number of imidazole rings is 1. The molecule has 96 valence electrons. The summed E-state index contributed by atoms with van der Waals surface area (Å²) in [6.45, 7) is 1.36. The molecule has 0 aliphatic carbocycles. The van der Waals surface area contributed by atoms with Crippen molar-refractivity contribution in [1.82, 2.24) is 24.5 Å². The molecule has 0 aliphatic rings. The van der Waals surface area contributed by atoms with Gasteiger partial charge in [0.05, 0.1) is 11.7 Å². The van der Waals surface area contributed by atoms with Crippen LogP contribution in [0.1, 0.15) is 6.42 Å². The summed E-state index contributed by atoms with van der Waals surface area (Å²) in [5.41, 5.74) is 0.551. The second-order valence-corrected chi connectivity index (χ2v) is 4.29. The fourth-order valence-electron chi connectivity index (χ4n) is 1.99. The summed E-state index contributed by atoms with van der Waals surface area (Å²) in [6.07, 6.45) is 6.20. The number of hydrogen-bond acceptors (Lipinski definition) is 4. The molecule has 0 atom stereocenters. The van der Waals surface area contributed by atoms with E-state index >= 15 is 0 Å². The predicted octanol–water partition coefficient (Wildman–Crippen LogP) is 1.08. The standard InChI is InChI=1S/C13H13N5O/c19-13-11-4-1-2-5-12(11)15-16-18(13)8-3-7-17-9-6-14-10-17/h1-2,4-6,9-10H,3,7-8H2. The molecular weight excluding hydrogens is 242 g/mol. The van der Waals surface area contributed by atoms with E-state index in [4.69, 9.17) is 0 Å². The van der Waals surface area contributed by atoms with Gasteiger partial charge in [-0.25, -0.2) is 9.67 Å². The maximum Gasteiger partial charge on any atom is 0.277 e. The van der Waals surface area contributed by atoms with Crippen LogP contribution in [0.15, 0.2) is 47.8 Å². The molecule has 6 heteroatoms. The van der Waals surface area contributed by atoms with Crippen molar-refractivity contribution in [2.24, 2.45) is 0 Å². The third-order valence-electron chi connectivity index (χ3n) is 2.97. The Labute approximate surface area is 109 Å². The highest BCUT2D eigenvalue weighted by Gasteiger charge is 2.04. The lowest BCUT2D eigenvalue weighted by Gasteiger charge is -2.05. The van der Waals surface area contributed by atoms with Crippen molar-refractivity contribution in [2.75, 3.05) is 0 Å². The average Bonchev–Trinajstić information content (AvgIpc) is 2.95. The first-order valence-electron chi connectivity index (χ1n) is 6.13. The molecule has 0 saturated heterocycles. The van der Waals surface area contributed by atoms with Gasteiger partial charge in [-0.2, -0.15) is 0 Å². The van der Waals surface area contributed by atoms with Crippen LogP contribution in [-0.2, 0) is 13.1 Å². The van der Waals surface area contributed by atoms with E-state index in [0.29, 0.717) is 17.4 Å². The Morgan fingerprint density at radius 3 is 2.89 bits per heavy atom. The summed E-state index contributed by atoms with van der Waals surface area (Å²) in [5.74, 6) is 0. The fourth-order valence-corrected chi connectivity index (χ4v) is 1.99. The van der Waals surface area contributed by atoms with Gasteiger partial charge in [0.1, 0.15) is 5.52 Å². The zero-order chi connectivity index (χ0) is 13.1. The van der Waals surface area contributed by atoms with Crippen molar-refractivity contribution in [1.29, 1.82) is 0 Å². The zero-order valence-electron chi connectivity index (χ0n) is 10.3. The van der Waals surface area contributed by atoms with Gasteiger partial charge in [-0.1, -0.05) is 17.3 Å². The van der Waals surface area contributed by atoms with E-state index in [9.17, 15) is 4.79 Å². The Balaban J connectivity index is 1.78. The largest absolute Gasteiger partial charge is 0.337 e. The highest BCUT2D eigenvalue weighted by atomic mass is 16.1. The topological polar surface area (TPSA) is 65.6 Å². The van der Waals surface area contributed by atoms with E-state index in [1.165, 1.54) is 4.68 Å². The average molecular weight is 255 g/mol.